The van der Waals surface area contributed by atoms with Crippen LogP contribution in [0.2, 0.25) is 0 Å². The van der Waals surface area contributed by atoms with Gasteiger partial charge in [0, 0.05) is 12.6 Å². The highest BCUT2D eigenvalue weighted by molar-refractivity contribution is 6.27. The molecular formula is C25H35ClN2O3. The lowest BCUT2D eigenvalue weighted by Crippen LogP contribution is -2.47. The molecule has 0 bridgehead atoms. The summed E-state index contributed by atoms with van der Waals surface area (Å²) in [6.45, 7) is 0.492. The van der Waals surface area contributed by atoms with E-state index in [2.05, 4.69) is 11.4 Å². The van der Waals surface area contributed by atoms with Crippen LogP contribution in [0.15, 0.2) is 35.9 Å². The molecule has 2 amide bonds. The van der Waals surface area contributed by atoms with Gasteiger partial charge in [0.05, 0.1) is 7.11 Å². The van der Waals surface area contributed by atoms with Crippen LogP contribution in [0.5, 0.6) is 5.75 Å². The second-order valence-electron chi connectivity index (χ2n) is 8.60. The minimum Gasteiger partial charge on any atom is -0.497 e. The fourth-order valence-corrected chi connectivity index (χ4v) is 4.81. The van der Waals surface area contributed by atoms with E-state index in [1.807, 2.05) is 24.3 Å². The number of alkyl halides is 1. The Kier molecular flexibility index (Phi) is 9.26. The number of carbonyl (C=O) groups is 2. The van der Waals surface area contributed by atoms with Crippen molar-refractivity contribution in [3.05, 3.63) is 41.5 Å². The molecule has 0 saturated heterocycles. The summed E-state index contributed by atoms with van der Waals surface area (Å²) in [6, 6.07) is 6.91. The van der Waals surface area contributed by atoms with E-state index in [9.17, 15) is 9.59 Å². The topological polar surface area (TPSA) is 58.6 Å². The number of amides is 2. The van der Waals surface area contributed by atoms with Gasteiger partial charge in [0.15, 0.2) is 0 Å². The van der Waals surface area contributed by atoms with Gasteiger partial charge in [-0.05, 0) is 62.6 Å². The Morgan fingerprint density at radius 1 is 1.13 bits per heavy atom. The molecule has 0 heterocycles. The molecule has 1 aromatic rings. The zero-order valence-corrected chi connectivity index (χ0v) is 19.3. The number of rotatable bonds is 9. The van der Waals surface area contributed by atoms with Crippen molar-refractivity contribution in [1.29, 1.82) is 0 Å². The number of hydrogen-bond acceptors (Lipinski definition) is 3. The van der Waals surface area contributed by atoms with Gasteiger partial charge in [0.2, 0.25) is 11.8 Å². The molecule has 0 aliphatic heterocycles. The summed E-state index contributed by atoms with van der Waals surface area (Å²) >= 11 is 5.99. The molecule has 3 rings (SSSR count). The average Bonchev–Trinajstić information content (AvgIpc) is 2.82. The average molecular weight is 447 g/mol. The van der Waals surface area contributed by atoms with Gasteiger partial charge >= 0.3 is 0 Å². The van der Waals surface area contributed by atoms with Gasteiger partial charge < -0.3 is 15.0 Å². The third kappa shape index (κ3) is 6.73. The monoisotopic (exact) mass is 446 g/mol. The molecule has 1 fully saturated rings. The molecule has 0 spiro atoms. The number of hydrogen-bond donors (Lipinski definition) is 1. The van der Waals surface area contributed by atoms with Crippen LogP contribution in [0.4, 0.5) is 0 Å². The lowest BCUT2D eigenvalue weighted by atomic mass is 9.94. The zero-order chi connectivity index (χ0) is 22.1. The lowest BCUT2D eigenvalue weighted by molar-refractivity contribution is -0.139. The quantitative estimate of drug-likeness (QED) is 0.422. The molecule has 0 unspecified atom stereocenters. The Balaban J connectivity index is 1.84. The number of allylic oxidation sites excluding steroid dienone is 1. The summed E-state index contributed by atoms with van der Waals surface area (Å²) in [6.07, 6.45) is 13.2. The molecule has 1 N–H and O–H groups in total. The molecule has 1 saturated carbocycles. The first-order valence-corrected chi connectivity index (χ1v) is 12.1. The number of nitrogens with one attached hydrogen (secondary N) is 1. The first-order chi connectivity index (χ1) is 15.1. The van der Waals surface area contributed by atoms with E-state index >= 15 is 0 Å². The summed E-state index contributed by atoms with van der Waals surface area (Å²) in [5.74, 6) is 0.256. The van der Waals surface area contributed by atoms with Crippen molar-refractivity contribution in [1.82, 2.24) is 10.2 Å². The van der Waals surface area contributed by atoms with Gasteiger partial charge in [-0.3, -0.25) is 9.59 Å². The molecular weight excluding hydrogens is 412 g/mol. The van der Waals surface area contributed by atoms with Crippen molar-refractivity contribution < 1.29 is 14.3 Å². The van der Waals surface area contributed by atoms with Crippen molar-refractivity contribution in [3.63, 3.8) is 0 Å². The Hall–Kier alpha value is -2.01. The van der Waals surface area contributed by atoms with Gasteiger partial charge in [-0.1, -0.05) is 43.0 Å². The molecule has 0 radical (unpaired) electrons. The minimum absolute atomic E-state index is 0.117. The maximum Gasteiger partial charge on any atom is 0.247 e. The lowest BCUT2D eigenvalue weighted by Gasteiger charge is -2.33. The first-order valence-electron chi connectivity index (χ1n) is 11.6. The normalized spacial score (nSPS) is 18.1. The number of nitrogens with zero attached hydrogens (tertiary/aromatic N) is 1. The number of halogens is 1. The number of carbonyl (C=O) groups excluding carboxylic acids is 2. The third-order valence-electron chi connectivity index (χ3n) is 6.44. The van der Waals surface area contributed by atoms with Gasteiger partial charge in [0.25, 0.3) is 0 Å². The number of methoxy groups -OCH3 is 1. The largest absolute Gasteiger partial charge is 0.497 e. The van der Waals surface area contributed by atoms with Crippen LogP contribution in [0.1, 0.15) is 75.8 Å². The van der Waals surface area contributed by atoms with E-state index in [1.54, 1.807) is 12.0 Å². The highest BCUT2D eigenvalue weighted by Gasteiger charge is 2.32. The predicted molar refractivity (Wildman–Crippen MR) is 124 cm³/mol. The summed E-state index contributed by atoms with van der Waals surface area (Å²) in [5.41, 5.74) is 2.16. The molecule has 2 aliphatic rings. The Bertz CT molecular complexity index is 757. The van der Waals surface area contributed by atoms with Crippen LogP contribution in [0.25, 0.3) is 0 Å². The molecule has 5 nitrogen and oxygen atoms in total. The fourth-order valence-electron chi connectivity index (χ4n) is 4.66. The van der Waals surface area contributed by atoms with E-state index in [4.69, 9.17) is 16.3 Å². The smallest absolute Gasteiger partial charge is 0.247 e. The van der Waals surface area contributed by atoms with E-state index in [0.29, 0.717) is 6.54 Å². The first kappa shape index (κ1) is 23.6. The van der Waals surface area contributed by atoms with Gasteiger partial charge in [-0.15, -0.1) is 11.6 Å². The third-order valence-corrected chi connectivity index (χ3v) is 6.67. The van der Waals surface area contributed by atoms with Crippen molar-refractivity contribution in [2.45, 2.75) is 76.3 Å². The van der Waals surface area contributed by atoms with E-state index in [-0.39, 0.29) is 23.7 Å². The molecule has 1 aromatic carbocycles. The highest BCUT2D eigenvalue weighted by Crippen LogP contribution is 2.28. The fraction of sp³-hybridized carbons (Fsp3) is 0.600. The van der Waals surface area contributed by atoms with Crippen LogP contribution in [-0.4, -0.2) is 42.3 Å². The van der Waals surface area contributed by atoms with Crippen LogP contribution >= 0.6 is 11.6 Å². The van der Waals surface area contributed by atoms with Crippen LogP contribution < -0.4 is 10.1 Å². The maximum atomic E-state index is 13.5. The zero-order valence-electron chi connectivity index (χ0n) is 18.6. The molecule has 0 aromatic heterocycles. The summed E-state index contributed by atoms with van der Waals surface area (Å²) in [7, 11) is 1.61. The van der Waals surface area contributed by atoms with E-state index < -0.39 is 6.04 Å². The van der Waals surface area contributed by atoms with Crippen LogP contribution in [0, 0.1) is 0 Å². The van der Waals surface area contributed by atoms with Gasteiger partial charge in [-0.2, -0.15) is 0 Å². The summed E-state index contributed by atoms with van der Waals surface area (Å²) in [4.78, 5) is 28.0. The second-order valence-corrected chi connectivity index (χ2v) is 8.87. The van der Waals surface area contributed by atoms with E-state index in [0.717, 1.165) is 56.3 Å². The maximum absolute atomic E-state index is 13.5. The van der Waals surface area contributed by atoms with Crippen LogP contribution in [-0.2, 0) is 9.59 Å². The van der Waals surface area contributed by atoms with Crippen molar-refractivity contribution in [2.75, 3.05) is 19.5 Å². The van der Waals surface area contributed by atoms with Crippen LogP contribution in [0.3, 0.4) is 0 Å². The SMILES string of the molecule is COc1ccc([C@@H](C(=O)NC2CCCCC2)N(CCC2=CCCCC2)C(=O)CCl)cc1. The summed E-state index contributed by atoms with van der Waals surface area (Å²) < 4.78 is 5.28. The van der Waals surface area contributed by atoms with Gasteiger partial charge in [-0.25, -0.2) is 0 Å². The molecule has 170 valence electrons. The molecule has 6 heteroatoms. The van der Waals surface area contributed by atoms with Crippen molar-refractivity contribution in [3.8, 4) is 5.75 Å². The summed E-state index contributed by atoms with van der Waals surface area (Å²) in [5, 5.41) is 3.22. The van der Waals surface area contributed by atoms with Gasteiger partial charge in [0.1, 0.15) is 17.7 Å². The predicted octanol–water partition coefficient (Wildman–Crippen LogP) is 5.14. The molecule has 31 heavy (non-hydrogen) atoms. The van der Waals surface area contributed by atoms with Crippen molar-refractivity contribution >= 4 is 23.4 Å². The number of ether oxygens (including phenoxy) is 1. The molecule has 2 aliphatic carbocycles. The second kappa shape index (κ2) is 12.1. The highest BCUT2D eigenvalue weighted by atomic mass is 35.5. The molecule has 1 atom stereocenters. The Labute approximate surface area is 191 Å². The van der Waals surface area contributed by atoms with E-state index in [1.165, 1.54) is 24.8 Å². The number of benzene rings is 1. The Morgan fingerprint density at radius 3 is 2.48 bits per heavy atom. The Morgan fingerprint density at radius 2 is 1.87 bits per heavy atom. The minimum atomic E-state index is -0.691. The standard InChI is InChI=1S/C25H35ClN2O3/c1-31-22-14-12-20(13-15-22)24(25(30)27-21-10-6-3-7-11-21)28(23(29)18-26)17-16-19-8-4-2-5-9-19/h8,12-15,21,24H,2-7,9-11,16-18H2,1H3,(H,27,30)/t24-/m0/s1. The van der Waals surface area contributed by atoms with Crippen molar-refractivity contribution in [2.24, 2.45) is 0 Å².